The third kappa shape index (κ3) is 9.33. The molecule has 0 aromatic heterocycles. The molecule has 0 spiro atoms. The lowest BCUT2D eigenvalue weighted by Gasteiger charge is -2.16. The summed E-state index contributed by atoms with van der Waals surface area (Å²) in [5, 5.41) is 3.05. The van der Waals surface area contributed by atoms with Gasteiger partial charge in [-0.2, -0.15) is 0 Å². The Morgan fingerprint density at radius 2 is 1.46 bits per heavy atom. The first kappa shape index (κ1) is 24.8. The van der Waals surface area contributed by atoms with Crippen molar-refractivity contribution in [3.63, 3.8) is 0 Å². The fourth-order valence-corrected chi connectivity index (χ4v) is 4.14. The van der Waals surface area contributed by atoms with Crippen molar-refractivity contribution in [2.45, 2.75) is 66.3 Å². The number of carbonyl (C=O) groups excluding carboxylic acids is 1. The molecule has 0 radical (unpaired) electrons. The van der Waals surface area contributed by atoms with Crippen molar-refractivity contribution in [3.05, 3.63) is 35.4 Å². The van der Waals surface area contributed by atoms with Gasteiger partial charge < -0.3 is 5.32 Å². The quantitative estimate of drug-likeness (QED) is 0.397. The summed E-state index contributed by atoms with van der Waals surface area (Å²) >= 11 is 0. The van der Waals surface area contributed by atoms with Gasteiger partial charge in [0.05, 0.1) is 19.8 Å². The molecule has 1 amide bonds. The zero-order valence-corrected chi connectivity index (χ0v) is 18.6. The van der Waals surface area contributed by atoms with Crippen LogP contribution in [0.3, 0.4) is 0 Å². The molecule has 1 rings (SSSR count). The summed E-state index contributed by atoms with van der Waals surface area (Å²) in [7, 11) is -3.46. The second-order valence-electron chi connectivity index (χ2n) is 6.67. The molecule has 160 valence electrons. The normalized spacial score (nSPS) is 11.8. The highest BCUT2D eigenvalue weighted by atomic mass is 31.2. The molecule has 28 heavy (non-hydrogen) atoms. The van der Waals surface area contributed by atoms with Gasteiger partial charge in [-0.05, 0) is 44.2 Å². The van der Waals surface area contributed by atoms with Gasteiger partial charge in [-0.3, -0.25) is 18.4 Å². The predicted molar refractivity (Wildman–Crippen MR) is 112 cm³/mol. The van der Waals surface area contributed by atoms with Crippen LogP contribution in [0.5, 0.6) is 0 Å². The minimum Gasteiger partial charge on any atom is -0.352 e. The number of hydrogen-bond acceptors (Lipinski definition) is 5. The van der Waals surface area contributed by atoms with Gasteiger partial charge in [0.15, 0.2) is 0 Å². The van der Waals surface area contributed by atoms with Crippen molar-refractivity contribution in [1.82, 2.24) is 5.32 Å². The Kier molecular flexibility index (Phi) is 12.3. The number of nitrogens with one attached hydrogen (secondary N) is 1. The van der Waals surface area contributed by atoms with Crippen LogP contribution in [-0.4, -0.2) is 25.7 Å². The van der Waals surface area contributed by atoms with Gasteiger partial charge in [-0.15, -0.1) is 0 Å². The molecule has 0 heterocycles. The first-order chi connectivity index (χ1) is 13.5. The Labute approximate surface area is 170 Å². The molecule has 0 atom stereocenters. The Balaban J connectivity index is 2.46. The van der Waals surface area contributed by atoms with Gasteiger partial charge in [0.2, 0.25) is 5.91 Å². The van der Waals surface area contributed by atoms with Crippen LogP contribution in [0.4, 0.5) is 0 Å². The molecule has 0 saturated heterocycles. The molecular weight excluding hydrogens is 377 g/mol. The maximum Gasteiger partial charge on any atom is 0.474 e. The predicted octanol–water partition coefficient (Wildman–Crippen LogP) is 5.26. The lowest BCUT2D eigenvalue weighted by Crippen LogP contribution is -2.30. The lowest BCUT2D eigenvalue weighted by atomic mass is 9.97. The molecule has 0 fully saturated rings. The molecule has 0 unspecified atom stereocenters. The van der Waals surface area contributed by atoms with Crippen LogP contribution in [0.1, 0.15) is 64.5 Å². The monoisotopic (exact) mass is 413 g/mol. The third-order valence-corrected chi connectivity index (χ3v) is 6.00. The average Bonchev–Trinajstić information content (AvgIpc) is 2.67. The zero-order valence-electron chi connectivity index (χ0n) is 17.7. The minimum absolute atomic E-state index is 0.109. The van der Waals surface area contributed by atoms with Gasteiger partial charge >= 0.3 is 7.82 Å². The first-order valence-corrected chi connectivity index (χ1v) is 11.8. The summed E-state index contributed by atoms with van der Waals surface area (Å²) in [6.45, 7) is 9.05. The van der Waals surface area contributed by atoms with Crippen molar-refractivity contribution in [3.8, 4) is 0 Å². The van der Waals surface area contributed by atoms with Crippen LogP contribution in [0.2, 0.25) is 0 Å². The van der Waals surface area contributed by atoms with Crippen molar-refractivity contribution in [2.24, 2.45) is 5.92 Å². The maximum atomic E-state index is 12.3. The number of phosphoric ester groups is 1. The molecular formula is C21H36NO5P. The van der Waals surface area contributed by atoms with E-state index in [1.54, 1.807) is 13.8 Å². The van der Waals surface area contributed by atoms with E-state index in [1.807, 2.05) is 24.3 Å². The third-order valence-electron chi connectivity index (χ3n) is 4.35. The minimum atomic E-state index is -3.46. The standard InChI is InChI=1S/C21H36NO5P/c1-5-9-20(10-6-2)21(23)22-17-19-13-11-18(12-14-19)15-16-27-28(24,25-7-3)26-8-4/h11-14,20H,5-10,15-17H2,1-4H3,(H,22,23). The molecule has 0 aliphatic carbocycles. The van der Waals surface area contributed by atoms with Crippen molar-refractivity contribution >= 4 is 13.7 Å². The van der Waals surface area contributed by atoms with E-state index >= 15 is 0 Å². The molecule has 1 aromatic carbocycles. The van der Waals surface area contributed by atoms with E-state index in [0.29, 0.717) is 13.0 Å². The molecule has 6 nitrogen and oxygen atoms in total. The van der Waals surface area contributed by atoms with Crippen LogP contribution in [0.25, 0.3) is 0 Å². The van der Waals surface area contributed by atoms with E-state index in [9.17, 15) is 9.36 Å². The SMILES string of the molecule is CCCC(CCC)C(=O)NCc1ccc(CCOP(=O)(OCC)OCC)cc1. The summed E-state index contributed by atoms with van der Waals surface area (Å²) in [6.07, 6.45) is 4.52. The fraction of sp³-hybridized carbons (Fsp3) is 0.667. The van der Waals surface area contributed by atoms with Crippen LogP contribution >= 0.6 is 7.82 Å². The van der Waals surface area contributed by atoms with E-state index in [1.165, 1.54) is 0 Å². The second-order valence-corrected chi connectivity index (χ2v) is 8.34. The van der Waals surface area contributed by atoms with E-state index in [2.05, 4.69) is 19.2 Å². The van der Waals surface area contributed by atoms with Crippen LogP contribution < -0.4 is 5.32 Å². The first-order valence-electron chi connectivity index (χ1n) is 10.4. The van der Waals surface area contributed by atoms with Crippen LogP contribution in [0, 0.1) is 5.92 Å². The highest BCUT2D eigenvalue weighted by Gasteiger charge is 2.24. The van der Waals surface area contributed by atoms with Gasteiger partial charge in [0, 0.05) is 12.5 Å². The maximum absolute atomic E-state index is 12.3. The Hall–Kier alpha value is -1.20. The number of carbonyl (C=O) groups is 1. The number of benzene rings is 1. The van der Waals surface area contributed by atoms with Crippen molar-refractivity contribution < 1.29 is 22.9 Å². The van der Waals surface area contributed by atoms with E-state index in [-0.39, 0.29) is 31.6 Å². The van der Waals surface area contributed by atoms with Gasteiger partial charge in [0.25, 0.3) is 0 Å². The van der Waals surface area contributed by atoms with Crippen molar-refractivity contribution in [2.75, 3.05) is 19.8 Å². The van der Waals surface area contributed by atoms with E-state index < -0.39 is 7.82 Å². The van der Waals surface area contributed by atoms with Crippen LogP contribution in [-0.2, 0) is 35.9 Å². The largest absolute Gasteiger partial charge is 0.474 e. The van der Waals surface area contributed by atoms with E-state index in [4.69, 9.17) is 13.6 Å². The Morgan fingerprint density at radius 3 is 1.96 bits per heavy atom. The highest BCUT2D eigenvalue weighted by Crippen LogP contribution is 2.49. The average molecular weight is 413 g/mol. The number of rotatable bonds is 15. The summed E-state index contributed by atoms with van der Waals surface area (Å²) in [4.78, 5) is 12.3. The molecule has 0 aliphatic heterocycles. The van der Waals surface area contributed by atoms with Crippen LogP contribution in [0.15, 0.2) is 24.3 Å². The van der Waals surface area contributed by atoms with Gasteiger partial charge in [0.1, 0.15) is 0 Å². The molecule has 0 bridgehead atoms. The summed E-state index contributed by atoms with van der Waals surface area (Å²) < 4.78 is 27.8. The summed E-state index contributed by atoms with van der Waals surface area (Å²) in [5.74, 6) is 0.251. The number of phosphoric acid groups is 1. The van der Waals surface area contributed by atoms with Gasteiger partial charge in [-0.25, -0.2) is 4.57 Å². The Bertz CT molecular complexity index is 589. The molecule has 0 aliphatic rings. The molecule has 1 aromatic rings. The summed E-state index contributed by atoms with van der Waals surface area (Å²) in [6, 6.07) is 7.98. The van der Waals surface area contributed by atoms with E-state index in [0.717, 1.165) is 36.8 Å². The zero-order chi connectivity index (χ0) is 20.8. The topological polar surface area (TPSA) is 73.9 Å². The number of amides is 1. The second kappa shape index (κ2) is 13.9. The lowest BCUT2D eigenvalue weighted by molar-refractivity contribution is -0.125. The smallest absolute Gasteiger partial charge is 0.352 e. The molecule has 7 heteroatoms. The molecule has 1 N–H and O–H groups in total. The Morgan fingerprint density at radius 1 is 0.929 bits per heavy atom. The highest BCUT2D eigenvalue weighted by molar-refractivity contribution is 7.48. The number of hydrogen-bond donors (Lipinski definition) is 1. The molecule has 0 saturated carbocycles. The van der Waals surface area contributed by atoms with Crippen molar-refractivity contribution in [1.29, 1.82) is 0 Å². The summed E-state index contributed by atoms with van der Waals surface area (Å²) in [5.41, 5.74) is 2.11. The fourth-order valence-electron chi connectivity index (χ4n) is 2.96. The van der Waals surface area contributed by atoms with Gasteiger partial charge in [-0.1, -0.05) is 51.0 Å².